The molecule has 0 aliphatic carbocycles. The highest BCUT2D eigenvalue weighted by Crippen LogP contribution is 2.43. The number of piperidine rings is 3. The van der Waals surface area contributed by atoms with Gasteiger partial charge in [0.25, 0.3) is 0 Å². The van der Waals surface area contributed by atoms with E-state index in [4.69, 9.17) is 0 Å². The fourth-order valence-electron chi connectivity index (χ4n) is 4.65. The first-order valence-corrected chi connectivity index (χ1v) is 9.90. The molecule has 4 fully saturated rings. The monoisotopic (exact) mass is 330 g/mol. The van der Waals surface area contributed by atoms with E-state index in [1.807, 2.05) is 11.9 Å². The molecule has 0 spiro atoms. The predicted molar refractivity (Wildman–Crippen MR) is 95.9 cm³/mol. The van der Waals surface area contributed by atoms with Gasteiger partial charge in [0, 0.05) is 55.9 Å². The molecule has 0 aromatic heterocycles. The summed E-state index contributed by atoms with van der Waals surface area (Å²) in [6.45, 7) is 9.57. The lowest BCUT2D eigenvalue weighted by Crippen LogP contribution is -2.54. The van der Waals surface area contributed by atoms with Crippen LogP contribution in [-0.2, 0) is 6.54 Å². The van der Waals surface area contributed by atoms with Gasteiger partial charge in [-0.05, 0) is 61.5 Å². The average molecular weight is 331 g/mol. The molecule has 5 heterocycles. The first-order chi connectivity index (χ1) is 11.4. The molecule has 1 N–H and O–H groups in total. The van der Waals surface area contributed by atoms with Gasteiger partial charge in [-0.25, -0.2) is 4.31 Å². The Morgan fingerprint density at radius 1 is 1.04 bits per heavy atom. The number of benzene rings is 1. The fourth-order valence-corrected chi connectivity index (χ4v) is 5.90. The summed E-state index contributed by atoms with van der Waals surface area (Å²) >= 11 is 2.02. The van der Waals surface area contributed by atoms with E-state index < -0.39 is 0 Å². The third kappa shape index (κ3) is 2.68. The highest BCUT2D eigenvalue weighted by molar-refractivity contribution is 7.97. The zero-order valence-electron chi connectivity index (χ0n) is 13.7. The van der Waals surface area contributed by atoms with Crippen molar-refractivity contribution in [3.8, 4) is 0 Å². The second-order valence-electron chi connectivity index (χ2n) is 7.40. The van der Waals surface area contributed by atoms with Crippen LogP contribution in [0.25, 0.3) is 0 Å². The Morgan fingerprint density at radius 2 is 1.87 bits per heavy atom. The van der Waals surface area contributed by atoms with Gasteiger partial charge in [0.05, 0.1) is 0 Å². The van der Waals surface area contributed by atoms with Crippen molar-refractivity contribution in [1.82, 2.24) is 14.5 Å². The van der Waals surface area contributed by atoms with Crippen molar-refractivity contribution in [3.05, 3.63) is 23.8 Å². The molecule has 6 rings (SSSR count). The molecule has 1 aromatic rings. The molecule has 0 unspecified atom stereocenters. The number of hydrogen-bond donors (Lipinski definition) is 1. The van der Waals surface area contributed by atoms with Crippen LogP contribution in [0.4, 0.5) is 5.69 Å². The summed E-state index contributed by atoms with van der Waals surface area (Å²) in [4.78, 5) is 6.69. The number of nitrogens with zero attached hydrogens (tertiary/aromatic N) is 3. The molecule has 0 radical (unpaired) electrons. The van der Waals surface area contributed by atoms with Gasteiger partial charge >= 0.3 is 0 Å². The van der Waals surface area contributed by atoms with E-state index in [-0.39, 0.29) is 0 Å². The van der Waals surface area contributed by atoms with E-state index in [0.29, 0.717) is 0 Å². The van der Waals surface area contributed by atoms with Gasteiger partial charge in [0.1, 0.15) is 0 Å². The maximum atomic E-state index is 3.44. The minimum atomic E-state index is 0.762. The molecule has 0 amide bonds. The molecule has 5 aliphatic heterocycles. The maximum absolute atomic E-state index is 3.44. The Bertz CT molecular complexity index is 578. The lowest BCUT2D eigenvalue weighted by atomic mass is 9.84. The number of nitrogens with one attached hydrogen (secondary N) is 1. The van der Waals surface area contributed by atoms with Crippen LogP contribution in [0.3, 0.4) is 0 Å². The van der Waals surface area contributed by atoms with Crippen molar-refractivity contribution in [1.29, 1.82) is 0 Å². The minimum Gasteiger partial charge on any atom is -0.369 e. The zero-order valence-corrected chi connectivity index (χ0v) is 14.5. The standard InChI is InChI=1S/C18H26N4S/c1-2-16(21-9-5-19-6-10-21)11-18-15(1)12-22(23-18)17-13-20-7-3-14(17)4-8-20/h1-2,11,14,17,19H,3-10,12-13H2/t17-/m1/s1. The summed E-state index contributed by atoms with van der Waals surface area (Å²) in [5.74, 6) is 0.925. The minimum absolute atomic E-state index is 0.762. The van der Waals surface area contributed by atoms with E-state index in [2.05, 4.69) is 37.6 Å². The summed E-state index contributed by atoms with van der Waals surface area (Å²) in [6.07, 6.45) is 2.81. The van der Waals surface area contributed by atoms with E-state index in [0.717, 1.165) is 44.7 Å². The van der Waals surface area contributed by atoms with Crippen molar-refractivity contribution < 1.29 is 0 Å². The molecule has 124 valence electrons. The van der Waals surface area contributed by atoms with E-state index >= 15 is 0 Å². The molecule has 4 nitrogen and oxygen atoms in total. The Labute approximate surface area is 143 Å². The second kappa shape index (κ2) is 5.96. The van der Waals surface area contributed by atoms with Gasteiger partial charge < -0.3 is 15.1 Å². The van der Waals surface area contributed by atoms with Gasteiger partial charge in [-0.2, -0.15) is 0 Å². The lowest BCUT2D eigenvalue weighted by molar-refractivity contribution is 0.0420. The van der Waals surface area contributed by atoms with E-state index in [9.17, 15) is 0 Å². The SMILES string of the molecule is c1cc2c(cc1N1CCNCC1)SN([C@@H]1CN3CCC1CC3)C2. The number of piperazine rings is 1. The normalized spacial score (nSPS) is 33.9. The van der Waals surface area contributed by atoms with Crippen LogP contribution in [0, 0.1) is 5.92 Å². The third-order valence-corrected chi connectivity index (χ3v) is 7.28. The Balaban J connectivity index is 1.33. The van der Waals surface area contributed by atoms with Crippen LogP contribution in [-0.4, -0.2) is 61.1 Å². The van der Waals surface area contributed by atoms with Gasteiger partial charge in [-0.3, -0.25) is 0 Å². The Morgan fingerprint density at radius 3 is 2.61 bits per heavy atom. The number of hydrogen-bond acceptors (Lipinski definition) is 5. The number of fused-ring (bicyclic) bond motifs is 4. The van der Waals surface area contributed by atoms with Crippen molar-refractivity contribution >= 4 is 17.6 Å². The molecule has 1 aromatic carbocycles. The van der Waals surface area contributed by atoms with Gasteiger partial charge in [0.2, 0.25) is 0 Å². The van der Waals surface area contributed by atoms with Crippen molar-refractivity contribution in [2.45, 2.75) is 30.3 Å². The quantitative estimate of drug-likeness (QED) is 0.835. The van der Waals surface area contributed by atoms with Crippen LogP contribution >= 0.6 is 11.9 Å². The van der Waals surface area contributed by atoms with Crippen LogP contribution in [0.1, 0.15) is 18.4 Å². The molecule has 23 heavy (non-hydrogen) atoms. The molecule has 5 aliphatic rings. The van der Waals surface area contributed by atoms with Crippen LogP contribution in [0.5, 0.6) is 0 Å². The molecule has 4 saturated heterocycles. The van der Waals surface area contributed by atoms with Crippen molar-refractivity contribution in [2.24, 2.45) is 5.92 Å². The van der Waals surface area contributed by atoms with Gasteiger partial charge in [-0.1, -0.05) is 6.07 Å². The summed E-state index contributed by atoms with van der Waals surface area (Å²) in [6, 6.07) is 7.91. The summed E-state index contributed by atoms with van der Waals surface area (Å²) in [7, 11) is 0. The average Bonchev–Trinajstić information content (AvgIpc) is 3.06. The maximum Gasteiger partial charge on any atom is 0.0379 e. The summed E-state index contributed by atoms with van der Waals surface area (Å²) in [5, 5.41) is 3.44. The summed E-state index contributed by atoms with van der Waals surface area (Å²) < 4.78 is 2.68. The van der Waals surface area contributed by atoms with E-state index in [1.54, 1.807) is 0 Å². The van der Waals surface area contributed by atoms with Gasteiger partial charge in [-0.15, -0.1) is 0 Å². The Kier molecular flexibility index (Phi) is 3.78. The van der Waals surface area contributed by atoms with Crippen molar-refractivity contribution in [3.63, 3.8) is 0 Å². The highest BCUT2D eigenvalue weighted by Gasteiger charge is 2.39. The Hall–Kier alpha value is -0.750. The summed E-state index contributed by atoms with van der Waals surface area (Å²) in [5.41, 5.74) is 2.94. The zero-order chi connectivity index (χ0) is 15.2. The molecule has 2 bridgehead atoms. The third-order valence-electron chi connectivity index (χ3n) is 6.07. The number of rotatable bonds is 2. The fraction of sp³-hybridized carbons (Fsp3) is 0.667. The number of anilines is 1. The molecule has 0 saturated carbocycles. The molecular weight excluding hydrogens is 304 g/mol. The van der Waals surface area contributed by atoms with Crippen LogP contribution in [0.15, 0.2) is 23.1 Å². The van der Waals surface area contributed by atoms with Crippen molar-refractivity contribution in [2.75, 3.05) is 50.7 Å². The molecule has 5 heteroatoms. The topological polar surface area (TPSA) is 21.8 Å². The largest absolute Gasteiger partial charge is 0.369 e. The molecular formula is C18H26N4S. The highest BCUT2D eigenvalue weighted by atomic mass is 32.2. The van der Waals surface area contributed by atoms with Crippen LogP contribution in [0.2, 0.25) is 0 Å². The van der Waals surface area contributed by atoms with E-state index in [1.165, 1.54) is 48.6 Å². The first-order valence-electron chi connectivity index (χ1n) is 9.12. The first kappa shape index (κ1) is 14.6. The second-order valence-corrected chi connectivity index (χ2v) is 8.49. The lowest BCUT2D eigenvalue weighted by Gasteiger charge is -2.47. The smallest absolute Gasteiger partial charge is 0.0379 e. The van der Waals surface area contributed by atoms with Gasteiger partial charge in [0.15, 0.2) is 0 Å². The van der Waals surface area contributed by atoms with Crippen LogP contribution < -0.4 is 10.2 Å². The predicted octanol–water partition coefficient (Wildman–Crippen LogP) is 2.01. The molecule has 1 atom stereocenters.